The van der Waals surface area contributed by atoms with Gasteiger partial charge in [0, 0.05) is 18.8 Å². The van der Waals surface area contributed by atoms with Crippen LogP contribution in [0.15, 0.2) is 10.7 Å². The highest BCUT2D eigenvalue weighted by atomic mass is 79.9. The summed E-state index contributed by atoms with van der Waals surface area (Å²) in [6.45, 7) is 5.49. The number of nitrogens with zero attached hydrogens (tertiary/aromatic N) is 3. The van der Waals surface area contributed by atoms with Crippen LogP contribution in [0.5, 0.6) is 0 Å². The van der Waals surface area contributed by atoms with E-state index >= 15 is 0 Å². The number of amides is 1. The topological polar surface area (TPSA) is 56.6 Å². The highest BCUT2D eigenvalue weighted by molar-refractivity contribution is 9.10. The highest BCUT2D eigenvalue weighted by Crippen LogP contribution is 2.34. The van der Waals surface area contributed by atoms with Crippen molar-refractivity contribution in [2.75, 3.05) is 32.9 Å². The van der Waals surface area contributed by atoms with Gasteiger partial charge in [-0.15, -0.1) is 0 Å². The van der Waals surface area contributed by atoms with Crippen molar-refractivity contribution >= 4 is 21.8 Å². The fourth-order valence-electron chi connectivity index (χ4n) is 3.52. The smallest absolute Gasteiger partial charge is 0.248 e. The molecular weight excluding hydrogens is 374 g/mol. The molecule has 0 radical (unpaired) electrons. The first-order valence-corrected chi connectivity index (χ1v) is 9.56. The van der Waals surface area contributed by atoms with Crippen molar-refractivity contribution in [1.82, 2.24) is 14.7 Å². The second-order valence-corrected chi connectivity index (χ2v) is 7.62. The maximum Gasteiger partial charge on any atom is 0.248 e. The third-order valence-electron chi connectivity index (χ3n) is 5.11. The van der Waals surface area contributed by atoms with E-state index in [2.05, 4.69) is 21.0 Å². The number of aromatic nitrogens is 2. The van der Waals surface area contributed by atoms with Gasteiger partial charge in [-0.1, -0.05) is 19.3 Å². The van der Waals surface area contributed by atoms with E-state index in [0.717, 1.165) is 35.8 Å². The molecule has 7 heteroatoms. The standard InChI is InChI=1S/C17H26BrN3O3/c1-14-15(18)11-19-21(14)13-17(5-3-2-4-6-17)24-12-16(22)20-7-9-23-10-8-20/h11H,2-10,12-13H2,1H3. The number of morpholine rings is 1. The molecule has 6 nitrogen and oxygen atoms in total. The first-order valence-electron chi connectivity index (χ1n) is 8.77. The predicted molar refractivity (Wildman–Crippen MR) is 93.8 cm³/mol. The summed E-state index contributed by atoms with van der Waals surface area (Å²) in [5.74, 6) is 0.0709. The first-order chi connectivity index (χ1) is 11.6. The van der Waals surface area contributed by atoms with Crippen LogP contribution < -0.4 is 0 Å². The van der Waals surface area contributed by atoms with Gasteiger partial charge in [-0.2, -0.15) is 5.10 Å². The summed E-state index contributed by atoms with van der Waals surface area (Å²) in [6.07, 6.45) is 7.33. The minimum absolute atomic E-state index is 0.0709. The third-order valence-corrected chi connectivity index (χ3v) is 5.89. The maximum absolute atomic E-state index is 12.4. The van der Waals surface area contributed by atoms with Gasteiger partial charge in [0.1, 0.15) is 6.61 Å². The minimum Gasteiger partial charge on any atom is -0.378 e. The summed E-state index contributed by atoms with van der Waals surface area (Å²) in [6, 6.07) is 0. The van der Waals surface area contributed by atoms with Gasteiger partial charge in [-0.3, -0.25) is 9.48 Å². The first kappa shape index (κ1) is 17.9. The van der Waals surface area contributed by atoms with E-state index in [9.17, 15) is 4.79 Å². The molecule has 2 fully saturated rings. The molecule has 0 aromatic carbocycles. The SMILES string of the molecule is Cc1c(Br)cnn1CC1(OCC(=O)N2CCOCC2)CCCCC1. The molecule has 0 spiro atoms. The lowest BCUT2D eigenvalue weighted by atomic mass is 9.84. The van der Waals surface area contributed by atoms with Crippen molar-refractivity contribution in [2.45, 2.75) is 51.2 Å². The summed E-state index contributed by atoms with van der Waals surface area (Å²) in [5, 5.41) is 4.45. The molecule has 2 aliphatic rings. The lowest BCUT2D eigenvalue weighted by Gasteiger charge is -2.38. The van der Waals surface area contributed by atoms with Crippen LogP contribution in [-0.2, 0) is 20.8 Å². The van der Waals surface area contributed by atoms with Gasteiger partial charge >= 0.3 is 0 Å². The van der Waals surface area contributed by atoms with E-state index < -0.39 is 0 Å². The third kappa shape index (κ3) is 4.18. The van der Waals surface area contributed by atoms with Gasteiger partial charge in [-0.05, 0) is 35.7 Å². The summed E-state index contributed by atoms with van der Waals surface area (Å²) in [5.41, 5.74) is 0.819. The molecule has 0 bridgehead atoms. The molecule has 0 N–H and O–H groups in total. The molecule has 134 valence electrons. The molecule has 1 aromatic heterocycles. The van der Waals surface area contributed by atoms with Crippen LogP contribution in [0.1, 0.15) is 37.8 Å². The fraction of sp³-hybridized carbons (Fsp3) is 0.765. The van der Waals surface area contributed by atoms with Gasteiger partial charge in [0.25, 0.3) is 0 Å². The number of hydrogen-bond acceptors (Lipinski definition) is 4. The van der Waals surface area contributed by atoms with E-state index in [1.807, 2.05) is 22.7 Å². The number of hydrogen-bond donors (Lipinski definition) is 0. The Labute approximate surface area is 151 Å². The Kier molecular flexibility index (Phi) is 5.94. The van der Waals surface area contributed by atoms with Gasteiger partial charge < -0.3 is 14.4 Å². The minimum atomic E-state index is -0.281. The number of halogens is 1. The van der Waals surface area contributed by atoms with Crippen molar-refractivity contribution in [2.24, 2.45) is 0 Å². The Morgan fingerprint density at radius 1 is 1.33 bits per heavy atom. The number of rotatable bonds is 5. The molecule has 1 aliphatic carbocycles. The van der Waals surface area contributed by atoms with E-state index in [1.165, 1.54) is 6.42 Å². The average Bonchev–Trinajstić information content (AvgIpc) is 2.93. The molecule has 1 amide bonds. The lowest BCUT2D eigenvalue weighted by Crippen LogP contribution is -2.46. The Balaban J connectivity index is 1.64. The van der Waals surface area contributed by atoms with Crippen LogP contribution in [0.2, 0.25) is 0 Å². The average molecular weight is 400 g/mol. The van der Waals surface area contributed by atoms with Crippen molar-refractivity contribution in [3.8, 4) is 0 Å². The van der Waals surface area contributed by atoms with Gasteiger partial charge in [0.2, 0.25) is 5.91 Å². The normalized spacial score (nSPS) is 21.0. The van der Waals surface area contributed by atoms with Crippen LogP contribution in [0.4, 0.5) is 0 Å². The predicted octanol–water partition coefficient (Wildman–Crippen LogP) is 2.53. The highest BCUT2D eigenvalue weighted by Gasteiger charge is 2.35. The van der Waals surface area contributed by atoms with Crippen LogP contribution in [0.25, 0.3) is 0 Å². The van der Waals surface area contributed by atoms with Crippen LogP contribution in [0.3, 0.4) is 0 Å². The van der Waals surface area contributed by atoms with Crippen molar-refractivity contribution in [1.29, 1.82) is 0 Å². The molecule has 1 saturated carbocycles. The summed E-state index contributed by atoms with van der Waals surface area (Å²) in [4.78, 5) is 14.3. The van der Waals surface area contributed by atoms with Crippen molar-refractivity contribution in [3.05, 3.63) is 16.4 Å². The summed E-state index contributed by atoms with van der Waals surface area (Å²) >= 11 is 3.52. The van der Waals surface area contributed by atoms with E-state index in [-0.39, 0.29) is 18.1 Å². The zero-order chi connectivity index (χ0) is 17.0. The van der Waals surface area contributed by atoms with Crippen molar-refractivity contribution in [3.63, 3.8) is 0 Å². The van der Waals surface area contributed by atoms with E-state index in [1.54, 1.807) is 0 Å². The van der Waals surface area contributed by atoms with E-state index in [4.69, 9.17) is 9.47 Å². The Morgan fingerprint density at radius 2 is 2.04 bits per heavy atom. The fourth-order valence-corrected chi connectivity index (χ4v) is 3.82. The number of carbonyl (C=O) groups is 1. The van der Waals surface area contributed by atoms with E-state index in [0.29, 0.717) is 32.8 Å². The molecule has 2 heterocycles. The monoisotopic (exact) mass is 399 g/mol. The van der Waals surface area contributed by atoms with Gasteiger partial charge in [0.05, 0.1) is 36.0 Å². The Morgan fingerprint density at radius 3 is 2.67 bits per heavy atom. The molecule has 1 aromatic rings. The van der Waals surface area contributed by atoms with Gasteiger partial charge in [-0.25, -0.2) is 0 Å². The molecule has 3 rings (SSSR count). The van der Waals surface area contributed by atoms with Gasteiger partial charge in [0.15, 0.2) is 0 Å². The second-order valence-electron chi connectivity index (χ2n) is 6.76. The molecule has 0 unspecified atom stereocenters. The molecule has 1 aliphatic heterocycles. The van der Waals surface area contributed by atoms with Crippen LogP contribution >= 0.6 is 15.9 Å². The number of carbonyl (C=O) groups excluding carboxylic acids is 1. The maximum atomic E-state index is 12.4. The quantitative estimate of drug-likeness (QED) is 0.763. The second kappa shape index (κ2) is 7.97. The van der Waals surface area contributed by atoms with Crippen LogP contribution in [-0.4, -0.2) is 59.1 Å². The Hall–Kier alpha value is -0.920. The number of ether oxygens (including phenoxy) is 2. The summed E-state index contributed by atoms with van der Waals surface area (Å²) in [7, 11) is 0. The van der Waals surface area contributed by atoms with Crippen LogP contribution in [0, 0.1) is 6.92 Å². The summed E-state index contributed by atoms with van der Waals surface area (Å²) < 4.78 is 14.6. The molecule has 1 saturated heterocycles. The molecule has 24 heavy (non-hydrogen) atoms. The zero-order valence-corrected chi connectivity index (χ0v) is 15.9. The molecule has 0 atom stereocenters. The largest absolute Gasteiger partial charge is 0.378 e. The zero-order valence-electron chi connectivity index (χ0n) is 14.3. The molecular formula is C17H26BrN3O3. The van der Waals surface area contributed by atoms with Crippen molar-refractivity contribution < 1.29 is 14.3 Å². The Bertz CT molecular complexity index is 563. The lowest BCUT2D eigenvalue weighted by molar-refractivity contribution is -0.151.